The van der Waals surface area contributed by atoms with Crippen LogP contribution >= 0.6 is 0 Å². The molecule has 0 aliphatic carbocycles. The van der Waals surface area contributed by atoms with Crippen molar-refractivity contribution in [1.29, 1.82) is 5.26 Å². The fourth-order valence-electron chi connectivity index (χ4n) is 1.96. The largest absolute Gasteiger partial charge is 0.310 e. The number of nitriles is 1. The van der Waals surface area contributed by atoms with Crippen molar-refractivity contribution < 1.29 is 0 Å². The van der Waals surface area contributed by atoms with Crippen LogP contribution in [0.4, 0.5) is 0 Å². The summed E-state index contributed by atoms with van der Waals surface area (Å²) in [7, 11) is 0. The van der Waals surface area contributed by atoms with Crippen LogP contribution in [-0.2, 0) is 0 Å². The molecule has 1 aromatic rings. The number of hydrogen-bond donors (Lipinski definition) is 1. The Morgan fingerprint density at radius 2 is 2.11 bits per heavy atom. The van der Waals surface area contributed by atoms with E-state index < -0.39 is 0 Å². The minimum Gasteiger partial charge on any atom is -0.310 e. The van der Waals surface area contributed by atoms with Gasteiger partial charge >= 0.3 is 0 Å². The van der Waals surface area contributed by atoms with Gasteiger partial charge in [0, 0.05) is 6.04 Å². The summed E-state index contributed by atoms with van der Waals surface area (Å²) in [5.41, 5.74) is 2.43. The number of benzene rings is 1. The van der Waals surface area contributed by atoms with Crippen LogP contribution in [0.5, 0.6) is 0 Å². The molecular weight excluding hydrogens is 220 g/mol. The lowest BCUT2D eigenvalue weighted by molar-refractivity contribution is 0.417. The zero-order chi connectivity index (χ0) is 13.6. The fraction of sp³-hybridized carbons (Fsp3) is 0.562. The van der Waals surface area contributed by atoms with Crippen LogP contribution in [0.2, 0.25) is 0 Å². The summed E-state index contributed by atoms with van der Waals surface area (Å²) in [5.74, 6) is 0. The minimum atomic E-state index is -0.200. The van der Waals surface area contributed by atoms with Crippen LogP contribution in [0.25, 0.3) is 0 Å². The first-order valence-corrected chi connectivity index (χ1v) is 6.66. The molecule has 0 spiro atoms. The monoisotopic (exact) mass is 244 g/mol. The third-order valence-corrected chi connectivity index (χ3v) is 3.27. The predicted octanol–water partition coefficient (Wildman–Crippen LogP) is 3.98. The van der Waals surface area contributed by atoms with Crippen LogP contribution in [-0.4, -0.2) is 6.54 Å². The summed E-state index contributed by atoms with van der Waals surface area (Å²) >= 11 is 0. The van der Waals surface area contributed by atoms with E-state index in [9.17, 15) is 0 Å². The average molecular weight is 244 g/mol. The highest BCUT2D eigenvalue weighted by atomic mass is 14.9. The van der Waals surface area contributed by atoms with Crippen molar-refractivity contribution in [2.45, 2.75) is 46.6 Å². The standard InChI is InChI=1S/C16H24N2/c1-13-7-5-8-15(11-13)14(2)18-10-6-9-16(3,4)12-17/h5,7-8,11,14,18H,6,9-10H2,1-4H3/t14-/m1/s1. The third-order valence-electron chi connectivity index (χ3n) is 3.27. The molecule has 1 aromatic carbocycles. The Kier molecular flexibility index (Phi) is 5.37. The Morgan fingerprint density at radius 3 is 2.72 bits per heavy atom. The molecule has 0 amide bonds. The van der Waals surface area contributed by atoms with Crippen LogP contribution in [0.3, 0.4) is 0 Å². The molecule has 2 heteroatoms. The number of rotatable bonds is 6. The first-order valence-electron chi connectivity index (χ1n) is 6.66. The molecule has 2 nitrogen and oxygen atoms in total. The van der Waals surface area contributed by atoms with Gasteiger partial charge in [-0.05, 0) is 52.6 Å². The van der Waals surface area contributed by atoms with E-state index in [1.807, 2.05) is 13.8 Å². The van der Waals surface area contributed by atoms with Crippen LogP contribution in [0, 0.1) is 23.7 Å². The quantitative estimate of drug-likeness (QED) is 0.768. The number of nitrogens with zero attached hydrogens (tertiary/aromatic N) is 1. The summed E-state index contributed by atoms with van der Waals surface area (Å²) in [6, 6.07) is 11.3. The lowest BCUT2D eigenvalue weighted by Crippen LogP contribution is -2.21. The fourth-order valence-corrected chi connectivity index (χ4v) is 1.96. The smallest absolute Gasteiger partial charge is 0.0683 e. The SMILES string of the molecule is Cc1cccc([C@@H](C)NCCCC(C)(C)C#N)c1. The second-order valence-electron chi connectivity index (χ2n) is 5.69. The van der Waals surface area contributed by atoms with Gasteiger partial charge in [-0.3, -0.25) is 0 Å². The molecule has 18 heavy (non-hydrogen) atoms. The second-order valence-corrected chi connectivity index (χ2v) is 5.69. The Bertz CT molecular complexity index is 415. The maximum atomic E-state index is 8.94. The van der Waals surface area contributed by atoms with Crippen molar-refractivity contribution in [1.82, 2.24) is 5.32 Å². The van der Waals surface area contributed by atoms with Gasteiger partial charge in [-0.1, -0.05) is 29.8 Å². The molecule has 1 atom stereocenters. The van der Waals surface area contributed by atoms with Gasteiger partial charge in [0.2, 0.25) is 0 Å². The highest BCUT2D eigenvalue weighted by Crippen LogP contribution is 2.20. The highest BCUT2D eigenvalue weighted by Gasteiger charge is 2.15. The van der Waals surface area contributed by atoms with Gasteiger partial charge in [0.05, 0.1) is 11.5 Å². The predicted molar refractivity (Wildman–Crippen MR) is 76.2 cm³/mol. The molecule has 1 N–H and O–H groups in total. The van der Waals surface area contributed by atoms with Crippen molar-refractivity contribution in [3.63, 3.8) is 0 Å². The van der Waals surface area contributed by atoms with E-state index in [-0.39, 0.29) is 5.41 Å². The highest BCUT2D eigenvalue weighted by molar-refractivity contribution is 5.24. The van der Waals surface area contributed by atoms with Crippen molar-refractivity contribution in [2.24, 2.45) is 5.41 Å². The zero-order valence-corrected chi connectivity index (χ0v) is 12.0. The van der Waals surface area contributed by atoms with E-state index >= 15 is 0 Å². The summed E-state index contributed by atoms with van der Waals surface area (Å²) in [6.07, 6.45) is 1.98. The first-order chi connectivity index (χ1) is 8.44. The van der Waals surface area contributed by atoms with Crippen LogP contribution in [0.15, 0.2) is 24.3 Å². The Balaban J connectivity index is 2.34. The molecule has 0 unspecified atom stereocenters. The van der Waals surface area contributed by atoms with Crippen molar-refractivity contribution >= 4 is 0 Å². The van der Waals surface area contributed by atoms with Crippen LogP contribution < -0.4 is 5.32 Å². The van der Waals surface area contributed by atoms with Gasteiger partial charge in [-0.2, -0.15) is 5.26 Å². The van der Waals surface area contributed by atoms with Crippen molar-refractivity contribution in [2.75, 3.05) is 6.54 Å². The zero-order valence-electron chi connectivity index (χ0n) is 12.0. The topological polar surface area (TPSA) is 35.8 Å². The molecule has 0 aliphatic rings. The molecular formula is C16H24N2. The minimum absolute atomic E-state index is 0.200. The van der Waals surface area contributed by atoms with Gasteiger partial charge in [-0.15, -0.1) is 0 Å². The van der Waals surface area contributed by atoms with Gasteiger partial charge in [0.25, 0.3) is 0 Å². The molecule has 0 saturated carbocycles. The van der Waals surface area contributed by atoms with E-state index in [0.717, 1.165) is 19.4 Å². The molecule has 0 aliphatic heterocycles. The third kappa shape index (κ3) is 4.89. The van der Waals surface area contributed by atoms with Gasteiger partial charge < -0.3 is 5.32 Å². The molecule has 0 aromatic heterocycles. The van der Waals surface area contributed by atoms with Crippen molar-refractivity contribution in [3.8, 4) is 6.07 Å². The van der Waals surface area contributed by atoms with E-state index in [4.69, 9.17) is 5.26 Å². The second kappa shape index (κ2) is 6.56. The summed E-state index contributed by atoms with van der Waals surface area (Å²) in [4.78, 5) is 0. The maximum absolute atomic E-state index is 8.94. The lowest BCUT2D eigenvalue weighted by Gasteiger charge is -2.18. The van der Waals surface area contributed by atoms with E-state index in [0.29, 0.717) is 6.04 Å². The summed E-state index contributed by atoms with van der Waals surface area (Å²) < 4.78 is 0. The molecule has 0 radical (unpaired) electrons. The Morgan fingerprint density at radius 1 is 1.39 bits per heavy atom. The van der Waals surface area contributed by atoms with Crippen molar-refractivity contribution in [3.05, 3.63) is 35.4 Å². The molecule has 98 valence electrons. The molecule has 0 fully saturated rings. The molecule has 0 bridgehead atoms. The van der Waals surface area contributed by atoms with E-state index in [1.54, 1.807) is 0 Å². The van der Waals surface area contributed by atoms with E-state index in [1.165, 1.54) is 11.1 Å². The molecule has 1 rings (SSSR count). The normalized spacial score (nSPS) is 13.1. The summed E-state index contributed by atoms with van der Waals surface area (Å²) in [6.45, 7) is 9.25. The lowest BCUT2D eigenvalue weighted by atomic mass is 9.90. The first kappa shape index (κ1) is 14.7. The molecule has 0 saturated heterocycles. The maximum Gasteiger partial charge on any atom is 0.0683 e. The van der Waals surface area contributed by atoms with Gasteiger partial charge in [-0.25, -0.2) is 0 Å². The van der Waals surface area contributed by atoms with E-state index in [2.05, 4.69) is 49.5 Å². The molecule has 0 heterocycles. The van der Waals surface area contributed by atoms with Gasteiger partial charge in [0.15, 0.2) is 0 Å². The average Bonchev–Trinajstić information content (AvgIpc) is 2.34. The number of hydrogen-bond acceptors (Lipinski definition) is 2. The van der Waals surface area contributed by atoms with Crippen LogP contribution in [0.1, 0.15) is 50.8 Å². The number of nitrogens with one attached hydrogen (secondary N) is 1. The Labute approximate surface area is 111 Å². The summed E-state index contributed by atoms with van der Waals surface area (Å²) in [5, 5.41) is 12.5. The number of aryl methyl sites for hydroxylation is 1. The Hall–Kier alpha value is -1.33. The van der Waals surface area contributed by atoms with Gasteiger partial charge in [0.1, 0.15) is 0 Å².